The van der Waals surface area contributed by atoms with Crippen molar-refractivity contribution < 1.29 is 4.74 Å². The number of benzene rings is 1. The van der Waals surface area contributed by atoms with E-state index in [-0.39, 0.29) is 6.10 Å². The monoisotopic (exact) mass is 243 g/mol. The summed E-state index contributed by atoms with van der Waals surface area (Å²) in [5.74, 6) is 0.623. The van der Waals surface area contributed by atoms with E-state index in [4.69, 9.17) is 10.5 Å². The average Bonchev–Trinajstić information content (AvgIpc) is 2.79. The second-order valence-corrected chi connectivity index (χ2v) is 4.73. The largest absolute Gasteiger partial charge is 0.382 e. The summed E-state index contributed by atoms with van der Waals surface area (Å²) in [4.78, 5) is 0. The van der Waals surface area contributed by atoms with Crippen LogP contribution >= 0.6 is 0 Å². The lowest BCUT2D eigenvalue weighted by atomic mass is 9.95. The first-order valence-electron chi connectivity index (χ1n) is 6.30. The van der Waals surface area contributed by atoms with Crippen LogP contribution in [0.5, 0.6) is 0 Å². The average molecular weight is 243 g/mol. The Bertz CT molecular complexity index is 521. The highest BCUT2D eigenvalue weighted by molar-refractivity contribution is 5.43. The Morgan fingerprint density at radius 2 is 2.17 bits per heavy atom. The predicted octanol–water partition coefficient (Wildman–Crippen LogP) is 2.07. The van der Waals surface area contributed by atoms with E-state index in [1.807, 2.05) is 18.2 Å². The van der Waals surface area contributed by atoms with E-state index in [9.17, 15) is 0 Å². The second-order valence-electron chi connectivity index (χ2n) is 4.73. The molecule has 0 spiro atoms. The summed E-state index contributed by atoms with van der Waals surface area (Å²) in [7, 11) is 0. The highest BCUT2D eigenvalue weighted by Crippen LogP contribution is 2.25. The van der Waals surface area contributed by atoms with Gasteiger partial charge < -0.3 is 10.5 Å². The summed E-state index contributed by atoms with van der Waals surface area (Å²) in [6.45, 7) is 0.665. The fraction of sp³-hybridized carbons (Fsp3) is 0.357. The van der Waals surface area contributed by atoms with E-state index >= 15 is 0 Å². The highest BCUT2D eigenvalue weighted by Gasteiger charge is 2.23. The summed E-state index contributed by atoms with van der Waals surface area (Å²) in [5.41, 5.74) is 9.36. The molecule has 1 atom stereocenters. The van der Waals surface area contributed by atoms with E-state index in [1.165, 1.54) is 11.3 Å². The highest BCUT2D eigenvalue weighted by atomic mass is 16.5. The molecule has 1 unspecified atom stereocenters. The zero-order valence-electron chi connectivity index (χ0n) is 10.2. The van der Waals surface area contributed by atoms with Gasteiger partial charge in [-0.3, -0.25) is 5.10 Å². The van der Waals surface area contributed by atoms with Crippen molar-refractivity contribution in [1.29, 1.82) is 0 Å². The predicted molar refractivity (Wildman–Crippen MR) is 70.0 cm³/mol. The van der Waals surface area contributed by atoms with E-state index in [2.05, 4.69) is 22.3 Å². The molecule has 0 aliphatic heterocycles. The molecule has 0 fully saturated rings. The molecular formula is C14H17N3O. The van der Waals surface area contributed by atoms with Crippen molar-refractivity contribution in [2.24, 2.45) is 0 Å². The Hall–Kier alpha value is -1.81. The minimum Gasteiger partial charge on any atom is -0.382 e. The summed E-state index contributed by atoms with van der Waals surface area (Å²) < 4.78 is 5.95. The van der Waals surface area contributed by atoms with Gasteiger partial charge in [-0.2, -0.15) is 5.10 Å². The van der Waals surface area contributed by atoms with Crippen molar-refractivity contribution in [2.75, 3.05) is 5.73 Å². The van der Waals surface area contributed by atoms with Crippen molar-refractivity contribution >= 4 is 5.82 Å². The van der Waals surface area contributed by atoms with Crippen LogP contribution in [0.15, 0.2) is 30.3 Å². The quantitative estimate of drug-likeness (QED) is 0.867. The Kier molecular flexibility index (Phi) is 3.02. The van der Waals surface area contributed by atoms with Gasteiger partial charge in [0.15, 0.2) is 0 Å². The molecule has 0 bridgehead atoms. The van der Waals surface area contributed by atoms with Crippen molar-refractivity contribution in [3.8, 4) is 0 Å². The van der Waals surface area contributed by atoms with Crippen molar-refractivity contribution in [1.82, 2.24) is 10.2 Å². The number of nitrogens with zero attached hydrogens (tertiary/aromatic N) is 1. The maximum absolute atomic E-state index is 5.95. The van der Waals surface area contributed by atoms with Crippen LogP contribution in [-0.2, 0) is 24.2 Å². The topological polar surface area (TPSA) is 63.9 Å². The molecule has 0 radical (unpaired) electrons. The SMILES string of the molecule is Nc1n[nH]c2c1CC(OCc1ccccc1)CC2. The summed E-state index contributed by atoms with van der Waals surface area (Å²) in [6.07, 6.45) is 3.11. The van der Waals surface area contributed by atoms with Crippen molar-refractivity contribution in [3.05, 3.63) is 47.2 Å². The third-order valence-corrected chi connectivity index (χ3v) is 3.46. The van der Waals surface area contributed by atoms with Gasteiger partial charge in [0.1, 0.15) is 5.82 Å². The normalized spacial score (nSPS) is 18.6. The Morgan fingerprint density at radius 1 is 1.33 bits per heavy atom. The van der Waals surface area contributed by atoms with Crippen molar-refractivity contribution in [3.63, 3.8) is 0 Å². The number of hydrogen-bond acceptors (Lipinski definition) is 3. The molecule has 0 saturated heterocycles. The fourth-order valence-electron chi connectivity index (χ4n) is 2.42. The molecule has 3 rings (SSSR count). The van der Waals surface area contributed by atoms with Crippen LogP contribution in [0.1, 0.15) is 23.2 Å². The number of nitrogens with two attached hydrogens (primary N) is 1. The number of rotatable bonds is 3. The number of hydrogen-bond donors (Lipinski definition) is 2. The summed E-state index contributed by atoms with van der Waals surface area (Å²) in [6, 6.07) is 10.3. The minimum absolute atomic E-state index is 0.248. The smallest absolute Gasteiger partial charge is 0.148 e. The van der Waals surface area contributed by atoms with Crippen LogP contribution in [0.2, 0.25) is 0 Å². The number of anilines is 1. The molecule has 1 aliphatic carbocycles. The van der Waals surface area contributed by atoms with Gasteiger partial charge in [-0.05, 0) is 18.4 Å². The van der Waals surface area contributed by atoms with Crippen LogP contribution in [0.25, 0.3) is 0 Å². The first-order chi connectivity index (χ1) is 8.83. The van der Waals surface area contributed by atoms with Gasteiger partial charge in [-0.1, -0.05) is 30.3 Å². The fourth-order valence-corrected chi connectivity index (χ4v) is 2.42. The molecule has 1 heterocycles. The number of nitrogens with one attached hydrogen (secondary N) is 1. The molecule has 18 heavy (non-hydrogen) atoms. The molecule has 0 saturated carbocycles. The van der Waals surface area contributed by atoms with E-state index in [0.717, 1.165) is 24.8 Å². The van der Waals surface area contributed by atoms with Crippen molar-refractivity contribution in [2.45, 2.75) is 32.0 Å². The second kappa shape index (κ2) is 4.82. The Balaban J connectivity index is 1.61. The van der Waals surface area contributed by atoms with Crippen LogP contribution in [0.4, 0.5) is 5.82 Å². The number of aryl methyl sites for hydroxylation is 1. The lowest BCUT2D eigenvalue weighted by Crippen LogP contribution is -2.22. The molecule has 0 amide bonds. The number of ether oxygens (including phenoxy) is 1. The molecule has 1 aromatic heterocycles. The molecule has 94 valence electrons. The number of H-pyrrole nitrogens is 1. The Morgan fingerprint density at radius 3 is 3.00 bits per heavy atom. The number of nitrogen functional groups attached to an aromatic ring is 1. The van der Waals surface area contributed by atoms with Gasteiger partial charge in [0, 0.05) is 17.7 Å². The standard InChI is InChI=1S/C14H17N3O/c15-14-12-8-11(6-7-13(12)16-17-14)18-9-10-4-2-1-3-5-10/h1-5,11H,6-9H2,(H3,15,16,17). The van der Waals surface area contributed by atoms with Gasteiger partial charge in [0.25, 0.3) is 0 Å². The maximum Gasteiger partial charge on any atom is 0.148 e. The molecule has 3 N–H and O–H groups in total. The third-order valence-electron chi connectivity index (χ3n) is 3.46. The molecular weight excluding hydrogens is 226 g/mol. The zero-order chi connectivity index (χ0) is 12.4. The summed E-state index contributed by atoms with van der Waals surface area (Å²) in [5, 5.41) is 7.04. The van der Waals surface area contributed by atoms with Crippen LogP contribution < -0.4 is 5.73 Å². The Labute approximate surface area is 106 Å². The van der Waals surface area contributed by atoms with E-state index in [0.29, 0.717) is 12.4 Å². The van der Waals surface area contributed by atoms with Gasteiger partial charge in [-0.15, -0.1) is 0 Å². The van der Waals surface area contributed by atoms with Gasteiger partial charge in [0.05, 0.1) is 12.7 Å². The number of aromatic amines is 1. The van der Waals surface area contributed by atoms with E-state index < -0.39 is 0 Å². The molecule has 2 aromatic rings. The maximum atomic E-state index is 5.95. The molecule has 4 nitrogen and oxygen atoms in total. The van der Waals surface area contributed by atoms with E-state index in [1.54, 1.807) is 0 Å². The number of fused-ring (bicyclic) bond motifs is 1. The molecule has 4 heteroatoms. The lowest BCUT2D eigenvalue weighted by Gasteiger charge is -2.22. The summed E-state index contributed by atoms with van der Waals surface area (Å²) >= 11 is 0. The minimum atomic E-state index is 0.248. The first-order valence-corrected chi connectivity index (χ1v) is 6.30. The first kappa shape index (κ1) is 11.3. The molecule has 1 aliphatic rings. The number of aromatic nitrogens is 2. The third kappa shape index (κ3) is 2.24. The zero-order valence-corrected chi connectivity index (χ0v) is 10.2. The molecule has 1 aromatic carbocycles. The van der Waals surface area contributed by atoms with Crippen LogP contribution in [-0.4, -0.2) is 16.3 Å². The van der Waals surface area contributed by atoms with Crippen LogP contribution in [0.3, 0.4) is 0 Å². The van der Waals surface area contributed by atoms with Gasteiger partial charge in [-0.25, -0.2) is 0 Å². The lowest BCUT2D eigenvalue weighted by molar-refractivity contribution is 0.0319. The van der Waals surface area contributed by atoms with Gasteiger partial charge >= 0.3 is 0 Å². The van der Waals surface area contributed by atoms with Gasteiger partial charge in [0.2, 0.25) is 0 Å². The van der Waals surface area contributed by atoms with Crippen LogP contribution in [0, 0.1) is 0 Å².